The molecule has 0 saturated heterocycles. The number of nitrogens with zero attached hydrogens (tertiary/aromatic N) is 1. The Morgan fingerprint density at radius 3 is 2.35 bits per heavy atom. The summed E-state index contributed by atoms with van der Waals surface area (Å²) in [5.74, 6) is 0.0320. The topological polar surface area (TPSA) is 67.0 Å². The van der Waals surface area contributed by atoms with Gasteiger partial charge in [-0.2, -0.15) is 5.10 Å². The second-order valence-electron chi connectivity index (χ2n) is 4.24. The van der Waals surface area contributed by atoms with E-state index < -0.39 is 0 Å². The van der Waals surface area contributed by atoms with E-state index in [0.29, 0.717) is 22.7 Å². The number of aryl methyl sites for hydroxylation is 2. The second-order valence-corrected chi connectivity index (χ2v) is 5.05. The van der Waals surface area contributed by atoms with Gasteiger partial charge >= 0.3 is 0 Å². The van der Waals surface area contributed by atoms with Crippen molar-refractivity contribution in [3.8, 4) is 5.75 Å². The number of hydrogen-bond donors (Lipinski definition) is 2. The number of aromatic nitrogens is 2. The summed E-state index contributed by atoms with van der Waals surface area (Å²) in [4.78, 5) is 12.2. The molecule has 0 bridgehead atoms. The second kappa shape index (κ2) is 5.73. The summed E-state index contributed by atoms with van der Waals surface area (Å²) in [7, 11) is 1.46. The number of rotatable bonds is 3. The summed E-state index contributed by atoms with van der Waals surface area (Å²) in [5, 5.41) is 10.2. The Bertz CT molecular complexity index is 625. The molecule has 0 unspecified atom stereocenters. The summed E-state index contributed by atoms with van der Waals surface area (Å²) < 4.78 is 5.04. The van der Waals surface area contributed by atoms with Gasteiger partial charge in [0.2, 0.25) is 0 Å². The van der Waals surface area contributed by atoms with Crippen LogP contribution in [0.4, 0.5) is 5.69 Å². The fraction of sp³-hybridized carbons (Fsp3) is 0.231. The number of H-pyrrole nitrogens is 1. The van der Waals surface area contributed by atoms with Gasteiger partial charge in [0.1, 0.15) is 0 Å². The minimum atomic E-state index is -0.316. The molecule has 5 nitrogen and oxygen atoms in total. The molecule has 7 heteroatoms. The van der Waals surface area contributed by atoms with E-state index in [0.717, 1.165) is 5.69 Å². The molecule has 106 valence electrons. The van der Waals surface area contributed by atoms with E-state index in [1.165, 1.54) is 19.2 Å². The van der Waals surface area contributed by atoms with Crippen molar-refractivity contribution < 1.29 is 9.53 Å². The number of nitrogens with one attached hydrogen (secondary N) is 2. The molecule has 0 radical (unpaired) electrons. The average molecular weight is 314 g/mol. The van der Waals surface area contributed by atoms with Gasteiger partial charge in [-0.05, 0) is 26.0 Å². The zero-order valence-electron chi connectivity index (χ0n) is 11.2. The van der Waals surface area contributed by atoms with Crippen molar-refractivity contribution in [3.05, 3.63) is 39.1 Å². The fourth-order valence-corrected chi connectivity index (χ4v) is 2.45. The highest BCUT2D eigenvalue weighted by Crippen LogP contribution is 2.34. The smallest absolute Gasteiger partial charge is 0.255 e. The molecule has 1 heterocycles. The normalized spacial score (nSPS) is 10.4. The molecule has 20 heavy (non-hydrogen) atoms. The van der Waals surface area contributed by atoms with Gasteiger partial charge in [-0.15, -0.1) is 0 Å². The van der Waals surface area contributed by atoms with Crippen LogP contribution in [-0.2, 0) is 0 Å². The predicted octanol–water partition coefficient (Wildman–Crippen LogP) is 3.59. The van der Waals surface area contributed by atoms with Crippen LogP contribution in [0.1, 0.15) is 21.7 Å². The number of benzene rings is 1. The molecule has 0 aliphatic rings. The van der Waals surface area contributed by atoms with E-state index in [4.69, 9.17) is 27.9 Å². The monoisotopic (exact) mass is 313 g/mol. The van der Waals surface area contributed by atoms with E-state index in [9.17, 15) is 4.79 Å². The van der Waals surface area contributed by atoms with Crippen molar-refractivity contribution in [1.29, 1.82) is 0 Å². The molecule has 2 aromatic rings. The number of ether oxygens (including phenoxy) is 1. The lowest BCUT2D eigenvalue weighted by Crippen LogP contribution is -2.13. The summed E-state index contributed by atoms with van der Waals surface area (Å²) in [5.41, 5.74) is 2.49. The van der Waals surface area contributed by atoms with Crippen LogP contribution < -0.4 is 10.1 Å². The van der Waals surface area contributed by atoms with E-state index >= 15 is 0 Å². The molecule has 1 amide bonds. The zero-order valence-corrected chi connectivity index (χ0v) is 12.7. The quantitative estimate of drug-likeness (QED) is 0.909. The third-order valence-corrected chi connectivity index (χ3v) is 3.39. The van der Waals surface area contributed by atoms with Gasteiger partial charge in [0.15, 0.2) is 5.75 Å². The third kappa shape index (κ3) is 2.73. The van der Waals surface area contributed by atoms with Crippen LogP contribution in [0.15, 0.2) is 12.1 Å². The fourth-order valence-electron chi connectivity index (χ4n) is 1.81. The van der Waals surface area contributed by atoms with Crippen molar-refractivity contribution in [3.63, 3.8) is 0 Å². The van der Waals surface area contributed by atoms with Crippen molar-refractivity contribution in [2.24, 2.45) is 0 Å². The minimum absolute atomic E-state index is 0.283. The molecule has 2 rings (SSSR count). The molecule has 1 aromatic carbocycles. The van der Waals surface area contributed by atoms with E-state index in [1.54, 1.807) is 6.92 Å². The lowest BCUT2D eigenvalue weighted by molar-refractivity contribution is 0.102. The maximum Gasteiger partial charge on any atom is 0.255 e. The number of amides is 1. The number of carbonyl (C=O) groups excluding carboxylic acids is 1. The Balaban J connectivity index is 2.31. The number of halogens is 2. The Morgan fingerprint density at radius 1 is 1.30 bits per heavy atom. The van der Waals surface area contributed by atoms with Crippen molar-refractivity contribution in [2.75, 3.05) is 12.4 Å². The van der Waals surface area contributed by atoms with Gasteiger partial charge in [-0.1, -0.05) is 23.2 Å². The van der Waals surface area contributed by atoms with Gasteiger partial charge in [0.25, 0.3) is 5.91 Å². The molecule has 0 aliphatic carbocycles. The van der Waals surface area contributed by atoms with E-state index in [-0.39, 0.29) is 16.0 Å². The Hall–Kier alpha value is -1.72. The predicted molar refractivity (Wildman–Crippen MR) is 79.0 cm³/mol. The van der Waals surface area contributed by atoms with Gasteiger partial charge < -0.3 is 10.1 Å². The molecule has 0 spiro atoms. The standard InChI is InChI=1S/C13H13Cl2N3O2/c1-6-11(7(2)18-17-6)16-13(19)8-4-9(14)12(20-3)10(15)5-8/h4-5H,1-3H3,(H,16,19)(H,17,18). The maximum absolute atomic E-state index is 12.2. The minimum Gasteiger partial charge on any atom is -0.494 e. The highest BCUT2D eigenvalue weighted by Gasteiger charge is 2.16. The molecule has 0 saturated carbocycles. The summed E-state index contributed by atoms with van der Waals surface area (Å²) in [6.45, 7) is 3.62. The first-order valence-electron chi connectivity index (χ1n) is 5.80. The van der Waals surface area contributed by atoms with Crippen LogP contribution in [-0.4, -0.2) is 23.2 Å². The molecule has 0 fully saturated rings. The number of hydrogen-bond acceptors (Lipinski definition) is 3. The van der Waals surface area contributed by atoms with Crippen LogP contribution in [0.2, 0.25) is 10.0 Å². The van der Waals surface area contributed by atoms with Crippen molar-refractivity contribution in [2.45, 2.75) is 13.8 Å². The molecular weight excluding hydrogens is 301 g/mol. The number of anilines is 1. The summed E-state index contributed by atoms with van der Waals surface area (Å²) in [6.07, 6.45) is 0. The van der Waals surface area contributed by atoms with Crippen LogP contribution in [0, 0.1) is 13.8 Å². The maximum atomic E-state index is 12.2. The largest absolute Gasteiger partial charge is 0.494 e. The Kier molecular flexibility index (Phi) is 4.20. The van der Waals surface area contributed by atoms with Crippen LogP contribution in [0.3, 0.4) is 0 Å². The number of methoxy groups -OCH3 is 1. The third-order valence-electron chi connectivity index (χ3n) is 2.83. The van der Waals surface area contributed by atoms with Crippen molar-refractivity contribution in [1.82, 2.24) is 10.2 Å². The first-order valence-corrected chi connectivity index (χ1v) is 6.55. The summed E-state index contributed by atoms with van der Waals surface area (Å²) in [6, 6.07) is 3.01. The zero-order chi connectivity index (χ0) is 14.9. The van der Waals surface area contributed by atoms with Crippen LogP contribution in [0.25, 0.3) is 0 Å². The first kappa shape index (κ1) is 14.7. The van der Waals surface area contributed by atoms with E-state index in [2.05, 4.69) is 15.5 Å². The Morgan fingerprint density at radius 2 is 1.90 bits per heavy atom. The molecular formula is C13H13Cl2N3O2. The Labute approximate surface area is 126 Å². The first-order chi connectivity index (χ1) is 9.43. The average Bonchev–Trinajstić information content (AvgIpc) is 2.70. The highest BCUT2D eigenvalue weighted by atomic mass is 35.5. The van der Waals surface area contributed by atoms with Gasteiger partial charge in [0, 0.05) is 5.56 Å². The molecule has 0 aliphatic heterocycles. The molecule has 1 aromatic heterocycles. The summed E-state index contributed by atoms with van der Waals surface area (Å²) >= 11 is 12.0. The van der Waals surface area contributed by atoms with Gasteiger partial charge in [-0.25, -0.2) is 0 Å². The number of carbonyl (C=O) groups is 1. The van der Waals surface area contributed by atoms with Gasteiger partial charge in [0.05, 0.1) is 34.2 Å². The van der Waals surface area contributed by atoms with Crippen molar-refractivity contribution >= 4 is 34.8 Å². The lowest BCUT2D eigenvalue weighted by Gasteiger charge is -2.09. The lowest BCUT2D eigenvalue weighted by atomic mass is 10.2. The number of aromatic amines is 1. The van der Waals surface area contributed by atoms with Crippen LogP contribution >= 0.6 is 23.2 Å². The van der Waals surface area contributed by atoms with E-state index in [1.807, 2.05) is 6.92 Å². The SMILES string of the molecule is COc1c(Cl)cc(C(=O)Nc2c(C)n[nH]c2C)cc1Cl. The molecule has 0 atom stereocenters. The molecule has 2 N–H and O–H groups in total. The van der Waals surface area contributed by atoms with Gasteiger partial charge in [-0.3, -0.25) is 9.89 Å². The van der Waals surface area contributed by atoms with Crippen LogP contribution in [0.5, 0.6) is 5.75 Å². The highest BCUT2D eigenvalue weighted by molar-refractivity contribution is 6.37.